The van der Waals surface area contributed by atoms with E-state index >= 15 is 0 Å². The zero-order valence-electron chi connectivity index (χ0n) is 15.0. The van der Waals surface area contributed by atoms with Crippen LogP contribution < -0.4 is 4.74 Å². The molecule has 1 saturated heterocycles. The number of halogens is 1. The molecule has 11 heteroatoms. The molecule has 0 aliphatic carbocycles. The Morgan fingerprint density at radius 2 is 2.11 bits per heavy atom. The largest absolute Gasteiger partial charge is 0.484 e. The summed E-state index contributed by atoms with van der Waals surface area (Å²) in [5.41, 5.74) is 0. The molecule has 0 radical (unpaired) electrons. The molecule has 0 amide bonds. The Morgan fingerprint density at radius 3 is 2.82 bits per heavy atom. The van der Waals surface area contributed by atoms with Gasteiger partial charge >= 0.3 is 0 Å². The van der Waals surface area contributed by atoms with Crippen LogP contribution in [0.2, 0.25) is 0 Å². The highest BCUT2D eigenvalue weighted by atomic mass is 32.2. The van der Waals surface area contributed by atoms with Gasteiger partial charge in [-0.15, -0.1) is 0 Å². The SMILES string of the molecule is Cn1cnc(S(=O)(=O)N2CCC(c3noc(COc4ccc(F)cc4)n3)C2)c1. The molecule has 0 spiro atoms. The summed E-state index contributed by atoms with van der Waals surface area (Å²) in [5.74, 6) is 0.678. The smallest absolute Gasteiger partial charge is 0.264 e. The minimum Gasteiger partial charge on any atom is -0.484 e. The second-order valence-corrected chi connectivity index (χ2v) is 8.40. The van der Waals surface area contributed by atoms with Gasteiger partial charge in [0.2, 0.25) is 0 Å². The summed E-state index contributed by atoms with van der Waals surface area (Å²) in [6.07, 6.45) is 3.51. The van der Waals surface area contributed by atoms with E-state index in [2.05, 4.69) is 15.1 Å². The third kappa shape index (κ3) is 3.76. The predicted octanol–water partition coefficient (Wildman–Crippen LogP) is 1.70. The summed E-state index contributed by atoms with van der Waals surface area (Å²) in [6, 6.07) is 5.60. The van der Waals surface area contributed by atoms with Crippen molar-refractivity contribution < 1.29 is 22.1 Å². The number of imidazole rings is 1. The van der Waals surface area contributed by atoms with Gasteiger partial charge in [-0.05, 0) is 30.7 Å². The van der Waals surface area contributed by atoms with Crippen LogP contribution in [0.1, 0.15) is 24.1 Å². The number of hydrogen-bond donors (Lipinski definition) is 0. The molecule has 4 rings (SSSR count). The Balaban J connectivity index is 1.39. The zero-order valence-corrected chi connectivity index (χ0v) is 15.8. The fraction of sp³-hybridized carbons (Fsp3) is 0.353. The van der Waals surface area contributed by atoms with Gasteiger partial charge in [0, 0.05) is 32.3 Å². The number of aromatic nitrogens is 4. The van der Waals surface area contributed by atoms with E-state index in [0.29, 0.717) is 24.5 Å². The van der Waals surface area contributed by atoms with Crippen LogP contribution in [-0.2, 0) is 23.7 Å². The maximum atomic E-state index is 12.9. The van der Waals surface area contributed by atoms with Gasteiger partial charge in [0.25, 0.3) is 15.9 Å². The topological polar surface area (TPSA) is 103 Å². The van der Waals surface area contributed by atoms with E-state index in [0.717, 1.165) is 0 Å². The molecule has 0 saturated carbocycles. The van der Waals surface area contributed by atoms with Crippen molar-refractivity contribution in [3.63, 3.8) is 0 Å². The number of benzene rings is 1. The van der Waals surface area contributed by atoms with Crippen LogP contribution in [0.4, 0.5) is 4.39 Å². The van der Waals surface area contributed by atoms with Gasteiger partial charge in [-0.3, -0.25) is 0 Å². The Labute approximate surface area is 160 Å². The average molecular weight is 407 g/mol. The summed E-state index contributed by atoms with van der Waals surface area (Å²) in [6.45, 7) is 0.664. The number of nitrogens with zero attached hydrogens (tertiary/aromatic N) is 5. The lowest BCUT2D eigenvalue weighted by Crippen LogP contribution is -2.29. The first-order valence-electron chi connectivity index (χ1n) is 8.61. The van der Waals surface area contributed by atoms with Crippen LogP contribution in [0.15, 0.2) is 46.3 Å². The number of hydrogen-bond acceptors (Lipinski definition) is 7. The number of ether oxygens (including phenoxy) is 1. The lowest BCUT2D eigenvalue weighted by molar-refractivity contribution is 0.242. The Bertz CT molecular complexity index is 1060. The van der Waals surface area contributed by atoms with Crippen molar-refractivity contribution in [3.05, 3.63) is 54.3 Å². The second-order valence-electron chi connectivity index (χ2n) is 6.51. The molecule has 0 bridgehead atoms. The van der Waals surface area contributed by atoms with Crippen molar-refractivity contribution >= 4 is 10.0 Å². The summed E-state index contributed by atoms with van der Waals surface area (Å²) in [4.78, 5) is 8.24. The Hall–Kier alpha value is -2.79. The molecule has 1 aliphatic heterocycles. The van der Waals surface area contributed by atoms with Crippen LogP contribution in [0.5, 0.6) is 5.75 Å². The van der Waals surface area contributed by atoms with E-state index in [4.69, 9.17) is 9.26 Å². The highest BCUT2D eigenvalue weighted by Gasteiger charge is 2.36. The van der Waals surface area contributed by atoms with Crippen LogP contribution in [0.25, 0.3) is 0 Å². The summed E-state index contributed by atoms with van der Waals surface area (Å²) in [7, 11) is -1.93. The molecule has 28 heavy (non-hydrogen) atoms. The van der Waals surface area contributed by atoms with E-state index in [1.54, 1.807) is 11.6 Å². The summed E-state index contributed by atoms with van der Waals surface area (Å²) >= 11 is 0. The highest BCUT2D eigenvalue weighted by Crippen LogP contribution is 2.29. The van der Waals surface area contributed by atoms with Gasteiger partial charge in [0.15, 0.2) is 17.5 Å². The standard InChI is InChI=1S/C17H18FN5O4S/c1-22-9-16(19-11-22)28(24,25)23-7-6-12(8-23)17-20-15(27-21-17)10-26-14-4-2-13(18)3-5-14/h2-5,9,11-12H,6-8,10H2,1H3. The summed E-state index contributed by atoms with van der Waals surface area (Å²) in [5, 5.41) is 3.98. The first-order chi connectivity index (χ1) is 13.4. The van der Waals surface area contributed by atoms with Gasteiger partial charge < -0.3 is 13.8 Å². The van der Waals surface area contributed by atoms with E-state index in [1.807, 2.05) is 0 Å². The highest BCUT2D eigenvalue weighted by molar-refractivity contribution is 7.89. The molecule has 1 aliphatic rings. The fourth-order valence-corrected chi connectivity index (χ4v) is 4.45. The molecule has 3 heterocycles. The molecule has 1 unspecified atom stereocenters. The Morgan fingerprint density at radius 1 is 1.32 bits per heavy atom. The van der Waals surface area contributed by atoms with Gasteiger partial charge in [-0.1, -0.05) is 5.16 Å². The molecule has 0 N–H and O–H groups in total. The second kappa shape index (κ2) is 7.32. The normalized spacial score (nSPS) is 17.9. The summed E-state index contributed by atoms with van der Waals surface area (Å²) < 4.78 is 51.8. The van der Waals surface area contributed by atoms with E-state index < -0.39 is 10.0 Å². The number of rotatable bonds is 6. The number of sulfonamides is 1. The van der Waals surface area contributed by atoms with Crippen LogP contribution in [0.3, 0.4) is 0 Å². The van der Waals surface area contributed by atoms with Crippen molar-refractivity contribution in [1.82, 2.24) is 24.0 Å². The van der Waals surface area contributed by atoms with Crippen LogP contribution >= 0.6 is 0 Å². The molecule has 1 atom stereocenters. The van der Waals surface area contributed by atoms with E-state index in [1.165, 1.54) is 41.1 Å². The molecule has 9 nitrogen and oxygen atoms in total. The maximum Gasteiger partial charge on any atom is 0.264 e. The van der Waals surface area contributed by atoms with Gasteiger partial charge in [-0.2, -0.15) is 9.29 Å². The van der Waals surface area contributed by atoms with Gasteiger partial charge in [0.1, 0.15) is 11.6 Å². The maximum absolute atomic E-state index is 12.9. The average Bonchev–Trinajstić information content (AvgIpc) is 3.41. The van der Waals surface area contributed by atoms with Crippen molar-refractivity contribution in [1.29, 1.82) is 0 Å². The monoisotopic (exact) mass is 407 g/mol. The first kappa shape index (κ1) is 18.6. The third-order valence-electron chi connectivity index (χ3n) is 4.46. The third-order valence-corrected chi connectivity index (χ3v) is 6.21. The van der Waals surface area contributed by atoms with Gasteiger partial charge in [-0.25, -0.2) is 17.8 Å². The molecule has 1 aromatic carbocycles. The molecule has 2 aromatic heterocycles. The quantitative estimate of drug-likeness (QED) is 0.613. The van der Waals surface area contributed by atoms with Crippen molar-refractivity contribution in [3.8, 4) is 5.75 Å². The van der Waals surface area contributed by atoms with Crippen molar-refractivity contribution in [2.75, 3.05) is 13.1 Å². The first-order valence-corrected chi connectivity index (χ1v) is 10.0. The minimum absolute atomic E-state index is 0.0251. The van der Waals surface area contributed by atoms with Crippen molar-refractivity contribution in [2.24, 2.45) is 7.05 Å². The van der Waals surface area contributed by atoms with E-state index in [-0.39, 0.29) is 35.8 Å². The van der Waals surface area contributed by atoms with Crippen LogP contribution in [0, 0.1) is 5.82 Å². The molecular weight excluding hydrogens is 389 g/mol. The lowest BCUT2D eigenvalue weighted by atomic mass is 10.1. The molecule has 148 valence electrons. The Kier molecular flexibility index (Phi) is 4.85. The molecular formula is C17H18FN5O4S. The lowest BCUT2D eigenvalue weighted by Gasteiger charge is -2.13. The minimum atomic E-state index is -3.64. The predicted molar refractivity (Wildman–Crippen MR) is 94.4 cm³/mol. The van der Waals surface area contributed by atoms with Gasteiger partial charge in [0.05, 0.1) is 6.33 Å². The molecule has 3 aromatic rings. The van der Waals surface area contributed by atoms with Crippen molar-refractivity contribution in [2.45, 2.75) is 24.0 Å². The zero-order chi connectivity index (χ0) is 19.7. The van der Waals surface area contributed by atoms with E-state index in [9.17, 15) is 12.8 Å². The fourth-order valence-electron chi connectivity index (χ4n) is 2.98. The number of aryl methyl sites for hydroxylation is 1. The van der Waals surface area contributed by atoms with Crippen LogP contribution in [-0.4, -0.2) is 45.5 Å². The molecule has 1 fully saturated rings.